The highest BCUT2D eigenvalue weighted by atomic mass is 19.4. The number of fused-ring (bicyclic) bond motifs is 1. The van der Waals surface area contributed by atoms with E-state index in [1.165, 1.54) is 23.4 Å². The molecule has 0 bridgehead atoms. The summed E-state index contributed by atoms with van der Waals surface area (Å²) in [6.45, 7) is 0.805. The fourth-order valence-electron chi connectivity index (χ4n) is 5.39. The predicted molar refractivity (Wildman–Crippen MR) is 140 cm³/mol. The fourth-order valence-corrected chi connectivity index (χ4v) is 5.39. The molecule has 8 nitrogen and oxygen atoms in total. The second-order valence-corrected chi connectivity index (χ2v) is 10.3. The van der Waals surface area contributed by atoms with Gasteiger partial charge in [0, 0.05) is 51.4 Å². The zero-order valence-corrected chi connectivity index (χ0v) is 22.4. The van der Waals surface area contributed by atoms with E-state index < -0.39 is 29.5 Å². The van der Waals surface area contributed by atoms with E-state index in [-0.39, 0.29) is 11.7 Å². The third-order valence-corrected chi connectivity index (χ3v) is 7.40. The molecule has 1 aliphatic carbocycles. The molecule has 1 unspecified atom stereocenters. The topological polar surface area (TPSA) is 107 Å². The van der Waals surface area contributed by atoms with Gasteiger partial charge in [-0.25, -0.2) is 14.8 Å². The van der Waals surface area contributed by atoms with Gasteiger partial charge in [-0.2, -0.15) is 26.3 Å². The summed E-state index contributed by atoms with van der Waals surface area (Å²) in [5.41, 5.74) is 10.0. The van der Waals surface area contributed by atoms with Crippen LogP contribution in [0.1, 0.15) is 29.5 Å². The van der Waals surface area contributed by atoms with Crippen molar-refractivity contribution < 1.29 is 36.2 Å². The first-order valence-corrected chi connectivity index (χ1v) is 12.8. The van der Waals surface area contributed by atoms with Gasteiger partial charge in [-0.3, -0.25) is 0 Å². The van der Waals surface area contributed by atoms with E-state index in [1.807, 2.05) is 31.1 Å². The van der Waals surface area contributed by atoms with E-state index in [9.17, 15) is 26.3 Å². The molecule has 1 aromatic heterocycles. The monoisotopic (exact) mass is 584 g/mol. The maximum atomic E-state index is 13.7. The van der Waals surface area contributed by atoms with Crippen LogP contribution in [-0.4, -0.2) is 65.9 Å². The summed E-state index contributed by atoms with van der Waals surface area (Å²) in [5, 5.41) is 10.5. The van der Waals surface area contributed by atoms with E-state index in [0.29, 0.717) is 31.9 Å². The summed E-state index contributed by atoms with van der Waals surface area (Å²) in [6, 6.07) is 10.8. The third kappa shape index (κ3) is 6.42. The number of nitrogens with zero attached hydrogens (tertiary/aromatic N) is 4. The van der Waals surface area contributed by atoms with Crippen LogP contribution in [0, 0.1) is 5.92 Å². The first-order valence-electron chi connectivity index (χ1n) is 12.8. The average molecular weight is 585 g/mol. The van der Waals surface area contributed by atoms with Gasteiger partial charge < -0.3 is 26.0 Å². The van der Waals surface area contributed by atoms with Crippen molar-refractivity contribution in [1.82, 2.24) is 15.2 Å². The lowest BCUT2D eigenvalue weighted by atomic mass is 9.81. The van der Waals surface area contributed by atoms with E-state index >= 15 is 0 Å². The van der Waals surface area contributed by atoms with Crippen molar-refractivity contribution in [2.75, 3.05) is 32.1 Å². The molecular weight excluding hydrogens is 554 g/mol. The molecule has 41 heavy (non-hydrogen) atoms. The Morgan fingerprint density at radius 2 is 1.63 bits per heavy atom. The lowest BCUT2D eigenvalue weighted by Gasteiger charge is -2.40. The standard InChI is InChI=1S/C25H29F3N6.C2HF3O2/c1-33(2)23-31-21-10-13-34(22-20(25(26,27)28)8-5-11-30-22)12-9-19(21)24(29,32-23)18-14-16-6-3-4-7-17(16)15-18;3-2(4,5)1(6)7/h3-8,11,18H,9-10,12-15,29H2,1-2H3,(H,31,32);(H,6,7). The van der Waals surface area contributed by atoms with Crippen LogP contribution in [-0.2, 0) is 23.8 Å². The van der Waals surface area contributed by atoms with Gasteiger partial charge in [0.1, 0.15) is 11.5 Å². The van der Waals surface area contributed by atoms with Crippen molar-refractivity contribution in [2.24, 2.45) is 16.6 Å². The Bertz CT molecular complexity index is 1330. The molecule has 3 aliphatic rings. The molecule has 0 radical (unpaired) electrons. The van der Waals surface area contributed by atoms with Crippen molar-refractivity contribution in [3.63, 3.8) is 0 Å². The van der Waals surface area contributed by atoms with Crippen LogP contribution < -0.4 is 16.0 Å². The molecule has 1 aromatic carbocycles. The lowest BCUT2D eigenvalue weighted by Crippen LogP contribution is -2.55. The number of aliphatic imine (C=N–C) groups is 1. The smallest absolute Gasteiger partial charge is 0.475 e. The van der Waals surface area contributed by atoms with Crippen LogP contribution in [0.5, 0.6) is 0 Å². The van der Waals surface area contributed by atoms with Crippen LogP contribution in [0.4, 0.5) is 32.2 Å². The van der Waals surface area contributed by atoms with Crippen molar-refractivity contribution in [1.29, 1.82) is 0 Å². The van der Waals surface area contributed by atoms with Gasteiger partial charge in [0.05, 0.1) is 5.56 Å². The van der Waals surface area contributed by atoms with Crippen LogP contribution in [0.15, 0.2) is 58.9 Å². The van der Waals surface area contributed by atoms with E-state index in [0.717, 1.165) is 30.2 Å². The predicted octanol–water partition coefficient (Wildman–Crippen LogP) is 4.18. The van der Waals surface area contributed by atoms with Crippen molar-refractivity contribution in [3.8, 4) is 0 Å². The number of carboxylic acid groups (broad SMARTS) is 1. The summed E-state index contributed by atoms with van der Waals surface area (Å²) in [5.74, 6) is -2.02. The number of benzene rings is 1. The second kappa shape index (κ2) is 11.2. The number of alkyl halides is 6. The number of aliphatic carboxylic acids is 1. The fraction of sp³-hybridized carbons (Fsp3) is 0.444. The molecule has 222 valence electrons. The molecule has 2 aliphatic heterocycles. The number of nitrogens with one attached hydrogen (secondary N) is 1. The van der Waals surface area contributed by atoms with Crippen LogP contribution in [0.2, 0.25) is 0 Å². The minimum Gasteiger partial charge on any atom is -0.475 e. The number of halogens is 6. The SMILES string of the molecule is CN(C)C1=NC(N)(C2Cc3ccccc3C2)C2=C(CCN(c3ncccc3C(F)(F)F)CC2)N1.O=C(O)C(F)(F)F. The normalized spacial score (nSPS) is 21.1. The molecule has 0 fully saturated rings. The molecule has 3 heterocycles. The van der Waals surface area contributed by atoms with Gasteiger partial charge in [-0.15, -0.1) is 0 Å². The molecule has 1 atom stereocenters. The molecule has 0 spiro atoms. The molecule has 0 amide bonds. The largest absolute Gasteiger partial charge is 0.490 e. The molecule has 0 saturated heterocycles. The number of rotatable bonds is 2. The van der Waals surface area contributed by atoms with E-state index in [1.54, 1.807) is 4.90 Å². The summed E-state index contributed by atoms with van der Waals surface area (Å²) in [7, 11) is 3.82. The minimum atomic E-state index is -5.08. The Hall–Kier alpha value is -3.81. The number of nitrogens with two attached hydrogens (primary N) is 1. The van der Waals surface area contributed by atoms with E-state index in [4.69, 9.17) is 20.6 Å². The van der Waals surface area contributed by atoms with Gasteiger partial charge in [0.15, 0.2) is 5.96 Å². The number of carboxylic acids is 1. The molecule has 0 saturated carbocycles. The summed E-state index contributed by atoms with van der Waals surface area (Å²) >= 11 is 0. The molecule has 4 N–H and O–H groups in total. The highest BCUT2D eigenvalue weighted by molar-refractivity contribution is 5.83. The number of pyridine rings is 1. The van der Waals surface area contributed by atoms with Gasteiger partial charge in [0.2, 0.25) is 0 Å². The third-order valence-electron chi connectivity index (χ3n) is 7.40. The Morgan fingerprint density at radius 3 is 2.17 bits per heavy atom. The summed E-state index contributed by atoms with van der Waals surface area (Å²) < 4.78 is 72.7. The van der Waals surface area contributed by atoms with Gasteiger partial charge in [-0.1, -0.05) is 24.3 Å². The Morgan fingerprint density at radius 1 is 1.05 bits per heavy atom. The summed E-state index contributed by atoms with van der Waals surface area (Å²) in [6.07, 6.45) is -5.42. The first kappa shape index (κ1) is 30.2. The van der Waals surface area contributed by atoms with Crippen molar-refractivity contribution >= 4 is 17.7 Å². The zero-order chi connectivity index (χ0) is 30.2. The Kier molecular flexibility index (Phi) is 8.25. The van der Waals surface area contributed by atoms with Crippen LogP contribution in [0.3, 0.4) is 0 Å². The van der Waals surface area contributed by atoms with E-state index in [2.05, 4.69) is 22.4 Å². The molecule has 5 rings (SSSR count). The maximum Gasteiger partial charge on any atom is 0.490 e. The maximum absolute atomic E-state index is 13.7. The van der Waals surface area contributed by atoms with Crippen molar-refractivity contribution in [3.05, 3.63) is 70.6 Å². The highest BCUT2D eigenvalue weighted by Gasteiger charge is 2.46. The first-order chi connectivity index (χ1) is 19.1. The van der Waals surface area contributed by atoms with Gasteiger partial charge in [-0.05, 0) is 48.1 Å². The molecular formula is C27H30F6N6O2. The number of hydrogen-bond donors (Lipinski definition) is 3. The molecule has 14 heteroatoms. The molecule has 2 aromatic rings. The van der Waals surface area contributed by atoms with Crippen LogP contribution >= 0.6 is 0 Å². The van der Waals surface area contributed by atoms with Crippen LogP contribution in [0.25, 0.3) is 0 Å². The number of hydrogen-bond acceptors (Lipinski definition) is 7. The Labute approximate surface area is 232 Å². The lowest BCUT2D eigenvalue weighted by molar-refractivity contribution is -0.192. The zero-order valence-electron chi connectivity index (χ0n) is 22.4. The number of aromatic nitrogens is 1. The van der Waals surface area contributed by atoms with Gasteiger partial charge in [0.25, 0.3) is 0 Å². The minimum absolute atomic E-state index is 0.0282. The number of guanidine groups is 1. The van der Waals surface area contributed by atoms with Crippen molar-refractivity contribution in [2.45, 2.75) is 43.7 Å². The average Bonchev–Trinajstić information content (AvgIpc) is 3.22. The number of carbonyl (C=O) groups is 1. The quantitative estimate of drug-likeness (QED) is 0.455. The second-order valence-electron chi connectivity index (χ2n) is 10.3. The summed E-state index contributed by atoms with van der Waals surface area (Å²) in [4.78, 5) is 21.6. The number of anilines is 1. The van der Waals surface area contributed by atoms with Gasteiger partial charge >= 0.3 is 18.3 Å². The highest BCUT2D eigenvalue weighted by Crippen LogP contribution is 2.43. The Balaban J connectivity index is 0.000000493.